The van der Waals surface area contributed by atoms with Crippen LogP contribution in [0.4, 0.5) is 0 Å². The summed E-state index contributed by atoms with van der Waals surface area (Å²) in [7, 11) is 0. The van der Waals surface area contributed by atoms with Crippen molar-refractivity contribution in [1.82, 2.24) is 4.90 Å². The zero-order valence-electron chi connectivity index (χ0n) is 11.8. The van der Waals surface area contributed by atoms with Crippen molar-refractivity contribution in [3.05, 3.63) is 48.0 Å². The quantitative estimate of drug-likeness (QED) is 0.864. The second kappa shape index (κ2) is 4.60. The van der Waals surface area contributed by atoms with Crippen molar-refractivity contribution in [3.63, 3.8) is 0 Å². The van der Waals surface area contributed by atoms with Gasteiger partial charge in [0.1, 0.15) is 0 Å². The first-order chi connectivity index (χ1) is 9.51. The predicted octanol–water partition coefficient (Wildman–Crippen LogP) is 2.83. The zero-order chi connectivity index (χ0) is 14.3. The molecule has 20 heavy (non-hydrogen) atoms. The zero-order valence-corrected chi connectivity index (χ0v) is 11.8. The standard InChI is InChI=1S/C17H19NO2/c1-17(2)15(19)10-11-18(17)16(20)14-9-5-7-12-6-3-4-8-13(12)14/h3-9,15,19H,10-11H2,1-2H3. The van der Waals surface area contributed by atoms with Crippen molar-refractivity contribution in [2.45, 2.75) is 31.9 Å². The van der Waals surface area contributed by atoms with Gasteiger partial charge in [-0.3, -0.25) is 4.79 Å². The van der Waals surface area contributed by atoms with E-state index in [2.05, 4.69) is 0 Å². The van der Waals surface area contributed by atoms with Crippen LogP contribution in [0.3, 0.4) is 0 Å². The number of carbonyl (C=O) groups excluding carboxylic acids is 1. The summed E-state index contributed by atoms with van der Waals surface area (Å²) in [5, 5.41) is 12.1. The Balaban J connectivity index is 2.06. The largest absolute Gasteiger partial charge is 0.391 e. The number of likely N-dealkylation sites (tertiary alicyclic amines) is 1. The number of benzene rings is 2. The summed E-state index contributed by atoms with van der Waals surface area (Å²) in [5.41, 5.74) is 0.207. The predicted molar refractivity (Wildman–Crippen MR) is 79.7 cm³/mol. The molecule has 1 atom stereocenters. The molecule has 1 amide bonds. The number of fused-ring (bicyclic) bond motifs is 1. The number of amides is 1. The molecule has 0 spiro atoms. The molecule has 0 bridgehead atoms. The van der Waals surface area contributed by atoms with Gasteiger partial charge in [-0.2, -0.15) is 0 Å². The van der Waals surface area contributed by atoms with E-state index in [1.807, 2.05) is 56.3 Å². The van der Waals surface area contributed by atoms with Crippen LogP contribution < -0.4 is 0 Å². The second-order valence-electron chi connectivity index (χ2n) is 5.94. The van der Waals surface area contributed by atoms with Crippen LogP contribution in [0.5, 0.6) is 0 Å². The maximum Gasteiger partial charge on any atom is 0.255 e. The van der Waals surface area contributed by atoms with Crippen LogP contribution in [-0.4, -0.2) is 34.1 Å². The van der Waals surface area contributed by atoms with Gasteiger partial charge in [-0.25, -0.2) is 0 Å². The molecule has 1 saturated heterocycles. The van der Waals surface area contributed by atoms with Crippen molar-refractivity contribution in [1.29, 1.82) is 0 Å². The van der Waals surface area contributed by atoms with E-state index in [0.717, 1.165) is 10.8 Å². The lowest BCUT2D eigenvalue weighted by Crippen LogP contribution is -2.48. The monoisotopic (exact) mass is 269 g/mol. The fourth-order valence-electron chi connectivity index (χ4n) is 2.99. The summed E-state index contributed by atoms with van der Waals surface area (Å²) in [5.74, 6) is 0.00310. The molecule has 0 aliphatic carbocycles. The van der Waals surface area contributed by atoms with Gasteiger partial charge in [-0.05, 0) is 37.1 Å². The van der Waals surface area contributed by atoms with E-state index < -0.39 is 11.6 Å². The van der Waals surface area contributed by atoms with Crippen molar-refractivity contribution >= 4 is 16.7 Å². The molecular weight excluding hydrogens is 250 g/mol. The van der Waals surface area contributed by atoms with Crippen molar-refractivity contribution in [2.75, 3.05) is 6.54 Å². The molecule has 104 valence electrons. The Morgan fingerprint density at radius 2 is 1.90 bits per heavy atom. The number of rotatable bonds is 1. The molecule has 1 heterocycles. The third kappa shape index (κ3) is 1.90. The summed E-state index contributed by atoms with van der Waals surface area (Å²) in [6.45, 7) is 4.46. The first kappa shape index (κ1) is 13.1. The summed E-state index contributed by atoms with van der Waals surface area (Å²) >= 11 is 0. The van der Waals surface area contributed by atoms with Gasteiger partial charge in [0.2, 0.25) is 0 Å². The Labute approximate surface area is 118 Å². The Kier molecular flexibility index (Phi) is 3.02. The van der Waals surface area contributed by atoms with Crippen molar-refractivity contribution in [3.8, 4) is 0 Å². The molecule has 1 aliphatic heterocycles. The minimum Gasteiger partial charge on any atom is -0.391 e. The highest BCUT2D eigenvalue weighted by Gasteiger charge is 2.43. The van der Waals surface area contributed by atoms with E-state index in [9.17, 15) is 9.90 Å². The fraction of sp³-hybridized carbons (Fsp3) is 0.353. The topological polar surface area (TPSA) is 40.5 Å². The minimum atomic E-state index is -0.506. The molecule has 1 unspecified atom stereocenters. The van der Waals surface area contributed by atoms with E-state index in [4.69, 9.17) is 0 Å². The molecule has 1 aliphatic rings. The van der Waals surface area contributed by atoms with Crippen molar-refractivity contribution < 1.29 is 9.90 Å². The normalized spacial score (nSPS) is 21.4. The lowest BCUT2D eigenvalue weighted by molar-refractivity contribution is 0.0396. The van der Waals surface area contributed by atoms with Crippen LogP contribution >= 0.6 is 0 Å². The van der Waals surface area contributed by atoms with E-state index in [-0.39, 0.29) is 5.91 Å². The maximum absolute atomic E-state index is 12.8. The molecule has 3 nitrogen and oxygen atoms in total. The Morgan fingerprint density at radius 3 is 2.60 bits per heavy atom. The van der Waals surface area contributed by atoms with Crippen LogP contribution in [-0.2, 0) is 0 Å². The number of aliphatic hydroxyl groups is 1. The highest BCUT2D eigenvalue weighted by Crippen LogP contribution is 2.31. The van der Waals surface area contributed by atoms with Gasteiger partial charge in [0.25, 0.3) is 5.91 Å². The average Bonchev–Trinajstić information content (AvgIpc) is 2.72. The highest BCUT2D eigenvalue weighted by molar-refractivity contribution is 6.07. The SMILES string of the molecule is CC1(C)C(O)CCN1C(=O)c1cccc2ccccc12. The van der Waals surface area contributed by atoms with Gasteiger partial charge in [0.05, 0.1) is 11.6 Å². The fourth-order valence-corrected chi connectivity index (χ4v) is 2.99. The molecule has 0 radical (unpaired) electrons. The molecule has 0 saturated carbocycles. The van der Waals surface area contributed by atoms with Gasteiger partial charge < -0.3 is 10.0 Å². The molecule has 1 N–H and O–H groups in total. The van der Waals surface area contributed by atoms with Crippen LogP contribution in [0, 0.1) is 0 Å². The first-order valence-corrected chi connectivity index (χ1v) is 6.99. The van der Waals surface area contributed by atoms with Gasteiger partial charge in [-0.15, -0.1) is 0 Å². The maximum atomic E-state index is 12.8. The smallest absolute Gasteiger partial charge is 0.255 e. The van der Waals surface area contributed by atoms with Crippen LogP contribution in [0.1, 0.15) is 30.6 Å². The molecule has 2 aromatic rings. The molecule has 2 aromatic carbocycles. The van der Waals surface area contributed by atoms with E-state index in [1.54, 1.807) is 4.90 Å². The average molecular weight is 269 g/mol. The molecular formula is C17H19NO2. The third-order valence-corrected chi connectivity index (χ3v) is 4.40. The molecule has 1 fully saturated rings. The lowest BCUT2D eigenvalue weighted by Gasteiger charge is -2.34. The highest BCUT2D eigenvalue weighted by atomic mass is 16.3. The Morgan fingerprint density at radius 1 is 1.20 bits per heavy atom. The summed E-state index contributed by atoms with van der Waals surface area (Å²) in [4.78, 5) is 14.6. The number of nitrogens with zero attached hydrogens (tertiary/aromatic N) is 1. The summed E-state index contributed by atoms with van der Waals surface area (Å²) < 4.78 is 0. The number of hydrogen-bond donors (Lipinski definition) is 1. The number of aliphatic hydroxyl groups excluding tert-OH is 1. The van der Waals surface area contributed by atoms with Crippen LogP contribution in [0.25, 0.3) is 10.8 Å². The van der Waals surface area contributed by atoms with E-state index in [0.29, 0.717) is 18.5 Å². The molecule has 3 heteroatoms. The summed E-state index contributed by atoms with van der Waals surface area (Å²) in [6, 6.07) is 13.7. The number of hydrogen-bond acceptors (Lipinski definition) is 2. The van der Waals surface area contributed by atoms with Gasteiger partial charge >= 0.3 is 0 Å². The number of carbonyl (C=O) groups is 1. The third-order valence-electron chi connectivity index (χ3n) is 4.40. The van der Waals surface area contributed by atoms with Gasteiger partial charge in [-0.1, -0.05) is 36.4 Å². The van der Waals surface area contributed by atoms with Crippen LogP contribution in [0.2, 0.25) is 0 Å². The Hall–Kier alpha value is -1.87. The summed E-state index contributed by atoms with van der Waals surface area (Å²) in [6.07, 6.45) is 0.185. The first-order valence-electron chi connectivity index (χ1n) is 6.99. The van der Waals surface area contributed by atoms with E-state index >= 15 is 0 Å². The second-order valence-corrected chi connectivity index (χ2v) is 5.94. The van der Waals surface area contributed by atoms with E-state index in [1.165, 1.54) is 0 Å². The van der Waals surface area contributed by atoms with Gasteiger partial charge in [0, 0.05) is 12.1 Å². The van der Waals surface area contributed by atoms with Crippen molar-refractivity contribution in [2.24, 2.45) is 0 Å². The minimum absolute atomic E-state index is 0.00310. The molecule has 0 aromatic heterocycles. The van der Waals surface area contributed by atoms with Crippen LogP contribution in [0.15, 0.2) is 42.5 Å². The van der Waals surface area contributed by atoms with Gasteiger partial charge in [0.15, 0.2) is 0 Å². The molecule has 3 rings (SSSR count). The Bertz CT molecular complexity index is 658. The lowest BCUT2D eigenvalue weighted by atomic mass is 9.97.